The molecule has 158 valence electrons. The Balaban J connectivity index is 2.06. The van der Waals surface area contributed by atoms with Gasteiger partial charge in [-0.1, -0.05) is 22.9 Å². The summed E-state index contributed by atoms with van der Waals surface area (Å²) in [5.41, 5.74) is 3.15. The van der Waals surface area contributed by atoms with E-state index in [-0.39, 0.29) is 12.5 Å². The predicted molar refractivity (Wildman–Crippen MR) is 121 cm³/mol. The lowest BCUT2D eigenvalue weighted by molar-refractivity contribution is -0.141. The molecule has 0 unspecified atom stereocenters. The minimum absolute atomic E-state index is 0.0509. The van der Waals surface area contributed by atoms with Crippen molar-refractivity contribution >= 4 is 50.7 Å². The van der Waals surface area contributed by atoms with Gasteiger partial charge in [0.25, 0.3) is 5.91 Å². The summed E-state index contributed by atoms with van der Waals surface area (Å²) in [5.74, 6) is -0.790. The van der Waals surface area contributed by atoms with E-state index in [0.717, 1.165) is 34.6 Å². The predicted octanol–water partition coefficient (Wildman–Crippen LogP) is 4.42. The second kappa shape index (κ2) is 9.45. The van der Waals surface area contributed by atoms with Crippen LogP contribution in [0.2, 0.25) is 5.02 Å². The highest BCUT2D eigenvalue weighted by Crippen LogP contribution is 2.27. The smallest absolute Gasteiger partial charge is 0.325 e. The summed E-state index contributed by atoms with van der Waals surface area (Å²) in [6, 6.07) is 11.1. The quantitative estimate of drug-likeness (QED) is 0.527. The highest BCUT2D eigenvalue weighted by atomic mass is 35.5. The molecule has 1 heterocycles. The van der Waals surface area contributed by atoms with Gasteiger partial charge in [-0.05, 0) is 62.7 Å². The Morgan fingerprint density at radius 3 is 2.40 bits per heavy atom. The van der Waals surface area contributed by atoms with E-state index in [4.69, 9.17) is 16.3 Å². The molecule has 0 bridgehead atoms. The second-order valence-corrected chi connectivity index (χ2v) is 8.12. The number of anilines is 1. The molecule has 3 rings (SSSR count). The van der Waals surface area contributed by atoms with Gasteiger partial charge in [0.05, 0.1) is 17.3 Å². The van der Waals surface area contributed by atoms with Gasteiger partial charge >= 0.3 is 5.97 Å². The fourth-order valence-corrected chi connectivity index (χ4v) is 4.54. The van der Waals surface area contributed by atoms with Crippen LogP contribution in [0.15, 0.2) is 41.4 Å². The molecule has 0 saturated heterocycles. The third kappa shape index (κ3) is 4.42. The zero-order valence-electron chi connectivity index (χ0n) is 17.4. The Morgan fingerprint density at radius 1 is 1.13 bits per heavy atom. The van der Waals surface area contributed by atoms with E-state index in [1.165, 1.54) is 18.4 Å². The van der Waals surface area contributed by atoms with E-state index in [2.05, 4.69) is 23.7 Å². The number of hydrogen-bond acceptors (Lipinski definition) is 5. The van der Waals surface area contributed by atoms with Crippen molar-refractivity contribution in [2.75, 3.05) is 25.1 Å². The molecule has 6 nitrogen and oxygen atoms in total. The molecule has 0 aliphatic carbocycles. The Labute approximate surface area is 184 Å². The summed E-state index contributed by atoms with van der Waals surface area (Å²) >= 11 is 7.62. The number of carbonyl (C=O) groups is 2. The molecule has 3 aromatic rings. The van der Waals surface area contributed by atoms with E-state index < -0.39 is 5.97 Å². The molecule has 8 heteroatoms. The molecule has 0 aliphatic rings. The fourth-order valence-electron chi connectivity index (χ4n) is 3.30. The number of carbonyl (C=O) groups excluding carboxylic acids is 2. The molecule has 30 heavy (non-hydrogen) atoms. The minimum Gasteiger partial charge on any atom is -0.468 e. The zero-order chi connectivity index (χ0) is 21.8. The summed E-state index contributed by atoms with van der Waals surface area (Å²) in [6.45, 7) is 7.80. The van der Waals surface area contributed by atoms with Crippen molar-refractivity contribution in [3.63, 3.8) is 0 Å². The standard InChI is InChI=1S/C22H24ClN3O3S/c1-5-25(6-2)16-9-7-15(8-10-16)21(28)24-22-26(13-19(27)29-4)20-14(3)17(23)11-12-18(20)30-22/h7-12H,5-6,13H2,1-4H3. The maximum atomic E-state index is 12.8. The average Bonchev–Trinajstić information content (AvgIpc) is 3.09. The second-order valence-electron chi connectivity index (χ2n) is 6.70. The first-order valence-electron chi connectivity index (χ1n) is 9.68. The molecule has 0 radical (unpaired) electrons. The van der Waals surface area contributed by atoms with Gasteiger partial charge in [0, 0.05) is 29.4 Å². The first kappa shape index (κ1) is 22.1. The molecule has 0 aliphatic heterocycles. The van der Waals surface area contributed by atoms with E-state index in [0.29, 0.717) is 15.4 Å². The molecule has 0 fully saturated rings. The van der Waals surface area contributed by atoms with Gasteiger partial charge in [-0.15, -0.1) is 0 Å². The van der Waals surface area contributed by atoms with Gasteiger partial charge in [-0.3, -0.25) is 9.59 Å². The van der Waals surface area contributed by atoms with Gasteiger partial charge in [0.2, 0.25) is 0 Å². The largest absolute Gasteiger partial charge is 0.468 e. The molecular formula is C22H24ClN3O3S. The number of aryl methyl sites for hydroxylation is 1. The Morgan fingerprint density at radius 2 is 1.80 bits per heavy atom. The number of fused-ring (bicyclic) bond motifs is 1. The number of hydrogen-bond donors (Lipinski definition) is 0. The normalized spacial score (nSPS) is 11.7. The van der Waals surface area contributed by atoms with Crippen molar-refractivity contribution in [1.82, 2.24) is 4.57 Å². The van der Waals surface area contributed by atoms with Crippen molar-refractivity contribution in [1.29, 1.82) is 0 Å². The molecule has 0 spiro atoms. The maximum Gasteiger partial charge on any atom is 0.325 e. The van der Waals surface area contributed by atoms with Crippen LogP contribution >= 0.6 is 22.9 Å². The Hall–Kier alpha value is -2.64. The van der Waals surface area contributed by atoms with E-state index in [9.17, 15) is 9.59 Å². The Kier molecular flexibility index (Phi) is 6.95. The topological polar surface area (TPSA) is 63.9 Å². The van der Waals surface area contributed by atoms with Crippen LogP contribution in [-0.4, -0.2) is 36.6 Å². The van der Waals surface area contributed by atoms with E-state index in [1.807, 2.05) is 25.1 Å². The third-order valence-corrected chi connectivity index (χ3v) is 6.44. The first-order chi connectivity index (χ1) is 14.4. The number of amides is 1. The van der Waals surface area contributed by atoms with Gasteiger partial charge in [-0.25, -0.2) is 0 Å². The maximum absolute atomic E-state index is 12.8. The van der Waals surface area contributed by atoms with E-state index >= 15 is 0 Å². The molecule has 1 aromatic heterocycles. The summed E-state index contributed by atoms with van der Waals surface area (Å²) in [5, 5.41) is 0.587. The molecule has 0 saturated carbocycles. The number of thiazole rings is 1. The van der Waals surface area contributed by atoms with Crippen LogP contribution in [0.4, 0.5) is 5.69 Å². The summed E-state index contributed by atoms with van der Waals surface area (Å²) in [6.07, 6.45) is 0. The number of halogens is 1. The lowest BCUT2D eigenvalue weighted by atomic mass is 10.2. The SMILES string of the molecule is CCN(CC)c1ccc(C(=O)N=c2sc3ccc(Cl)c(C)c3n2CC(=O)OC)cc1. The zero-order valence-corrected chi connectivity index (χ0v) is 19.0. The number of benzene rings is 2. The van der Waals surface area contributed by atoms with Crippen LogP contribution in [0.1, 0.15) is 29.8 Å². The molecular weight excluding hydrogens is 422 g/mol. The number of methoxy groups -OCH3 is 1. The summed E-state index contributed by atoms with van der Waals surface area (Å²) in [4.78, 5) is 31.8. The number of ether oxygens (including phenoxy) is 1. The number of rotatable bonds is 6. The molecule has 1 amide bonds. The van der Waals surface area contributed by atoms with Crippen molar-refractivity contribution in [2.45, 2.75) is 27.3 Å². The monoisotopic (exact) mass is 445 g/mol. The van der Waals surface area contributed by atoms with Gasteiger partial charge < -0.3 is 14.2 Å². The van der Waals surface area contributed by atoms with Crippen molar-refractivity contribution < 1.29 is 14.3 Å². The molecule has 2 aromatic carbocycles. The lowest BCUT2D eigenvalue weighted by Crippen LogP contribution is -2.23. The van der Waals surface area contributed by atoms with Gasteiger partial charge in [0.1, 0.15) is 6.54 Å². The average molecular weight is 446 g/mol. The van der Waals surface area contributed by atoms with Gasteiger partial charge in [-0.2, -0.15) is 4.99 Å². The fraction of sp³-hybridized carbons (Fsp3) is 0.318. The summed E-state index contributed by atoms with van der Waals surface area (Å²) < 4.78 is 7.41. The third-order valence-electron chi connectivity index (χ3n) is 4.98. The van der Waals surface area contributed by atoms with Crippen LogP contribution in [0.25, 0.3) is 10.2 Å². The summed E-state index contributed by atoms with van der Waals surface area (Å²) in [7, 11) is 1.33. The van der Waals surface area contributed by atoms with E-state index in [1.54, 1.807) is 22.8 Å². The number of nitrogens with zero attached hydrogens (tertiary/aromatic N) is 3. The molecule has 0 N–H and O–H groups in total. The van der Waals surface area contributed by atoms with Crippen LogP contribution < -0.4 is 9.70 Å². The highest BCUT2D eigenvalue weighted by molar-refractivity contribution is 7.16. The highest BCUT2D eigenvalue weighted by Gasteiger charge is 2.15. The number of esters is 1. The van der Waals surface area contributed by atoms with Crippen molar-refractivity contribution in [3.05, 3.63) is 57.3 Å². The van der Waals surface area contributed by atoms with Crippen LogP contribution in [-0.2, 0) is 16.1 Å². The van der Waals surface area contributed by atoms with Crippen molar-refractivity contribution in [3.8, 4) is 0 Å². The lowest BCUT2D eigenvalue weighted by Gasteiger charge is -2.20. The van der Waals surface area contributed by atoms with Crippen LogP contribution in [0, 0.1) is 6.92 Å². The minimum atomic E-state index is -0.424. The van der Waals surface area contributed by atoms with Crippen LogP contribution in [0.5, 0.6) is 0 Å². The Bertz CT molecular complexity index is 1140. The van der Waals surface area contributed by atoms with Crippen LogP contribution in [0.3, 0.4) is 0 Å². The number of aromatic nitrogens is 1. The molecule has 0 atom stereocenters. The van der Waals surface area contributed by atoms with Crippen molar-refractivity contribution in [2.24, 2.45) is 4.99 Å². The first-order valence-corrected chi connectivity index (χ1v) is 10.9. The van der Waals surface area contributed by atoms with Gasteiger partial charge in [0.15, 0.2) is 4.80 Å².